The highest BCUT2D eigenvalue weighted by atomic mass is 16.6. The van der Waals surface area contributed by atoms with E-state index in [0.29, 0.717) is 5.57 Å². The van der Waals surface area contributed by atoms with Crippen LogP contribution in [0, 0.1) is 5.92 Å². The van der Waals surface area contributed by atoms with E-state index in [0.717, 1.165) is 5.57 Å². The zero-order chi connectivity index (χ0) is 8.59. The van der Waals surface area contributed by atoms with E-state index in [1.54, 1.807) is 20.8 Å². The molecular weight excluding hydrogens is 144 g/mol. The van der Waals surface area contributed by atoms with Crippen molar-refractivity contribution in [2.75, 3.05) is 0 Å². The van der Waals surface area contributed by atoms with Crippen LogP contribution in [0.5, 0.6) is 0 Å². The van der Waals surface area contributed by atoms with Gasteiger partial charge in [-0.05, 0) is 20.8 Å². The summed E-state index contributed by atoms with van der Waals surface area (Å²) in [4.78, 5) is 21.8. The van der Waals surface area contributed by atoms with Crippen LogP contribution in [0.1, 0.15) is 20.8 Å². The molecule has 0 spiro atoms. The first kappa shape index (κ1) is 7.98. The Labute approximate surface area is 65.0 Å². The maximum absolute atomic E-state index is 10.9. The SMILES string of the molecule is CC(C)=C1C(=O)OC(=O)C1C. The number of hydrogen-bond acceptors (Lipinski definition) is 3. The number of esters is 2. The summed E-state index contributed by atoms with van der Waals surface area (Å²) in [6, 6.07) is 0. The van der Waals surface area contributed by atoms with Gasteiger partial charge in [-0.15, -0.1) is 0 Å². The maximum atomic E-state index is 10.9. The molecule has 60 valence electrons. The Hall–Kier alpha value is -1.12. The highest BCUT2D eigenvalue weighted by Crippen LogP contribution is 2.24. The van der Waals surface area contributed by atoms with Gasteiger partial charge in [0.05, 0.1) is 11.5 Å². The number of carbonyl (C=O) groups is 2. The molecule has 1 fully saturated rings. The molecule has 0 aliphatic carbocycles. The van der Waals surface area contributed by atoms with Crippen molar-refractivity contribution in [1.29, 1.82) is 0 Å². The Kier molecular flexibility index (Phi) is 1.81. The summed E-state index contributed by atoms with van der Waals surface area (Å²) in [6.07, 6.45) is 0. The Morgan fingerprint density at radius 3 is 2.09 bits per heavy atom. The Morgan fingerprint density at radius 2 is 1.91 bits per heavy atom. The lowest BCUT2D eigenvalue weighted by molar-refractivity contribution is -0.152. The number of ether oxygens (including phenoxy) is 1. The second-order valence-corrected chi connectivity index (χ2v) is 2.84. The van der Waals surface area contributed by atoms with Crippen molar-refractivity contribution >= 4 is 11.9 Å². The number of hydrogen-bond donors (Lipinski definition) is 0. The summed E-state index contributed by atoms with van der Waals surface area (Å²) in [5.41, 5.74) is 1.36. The van der Waals surface area contributed by atoms with Gasteiger partial charge >= 0.3 is 11.9 Å². The molecule has 0 saturated carbocycles. The van der Waals surface area contributed by atoms with Crippen LogP contribution in [0.2, 0.25) is 0 Å². The van der Waals surface area contributed by atoms with Crippen LogP contribution >= 0.6 is 0 Å². The van der Waals surface area contributed by atoms with Crippen LogP contribution in [-0.2, 0) is 14.3 Å². The Balaban J connectivity index is 3.08. The standard InChI is InChI=1S/C8H10O3/c1-4(2)6-5(3)7(9)11-8(6)10/h5H,1-3H3. The van der Waals surface area contributed by atoms with Crippen LogP contribution in [0.4, 0.5) is 0 Å². The topological polar surface area (TPSA) is 43.4 Å². The average Bonchev–Trinajstić information content (AvgIpc) is 2.07. The number of allylic oxidation sites excluding steroid dienone is 1. The van der Waals surface area contributed by atoms with Gasteiger partial charge in [0.2, 0.25) is 0 Å². The van der Waals surface area contributed by atoms with E-state index in [-0.39, 0.29) is 5.92 Å². The van der Waals surface area contributed by atoms with Crippen LogP contribution in [0.3, 0.4) is 0 Å². The van der Waals surface area contributed by atoms with Gasteiger partial charge in [-0.3, -0.25) is 4.79 Å². The average molecular weight is 154 g/mol. The van der Waals surface area contributed by atoms with Crippen LogP contribution in [-0.4, -0.2) is 11.9 Å². The zero-order valence-electron chi connectivity index (χ0n) is 6.80. The predicted molar refractivity (Wildman–Crippen MR) is 38.6 cm³/mol. The third-order valence-corrected chi connectivity index (χ3v) is 1.74. The Bertz CT molecular complexity index is 246. The molecular formula is C8H10O3. The molecule has 1 heterocycles. The van der Waals surface area contributed by atoms with Crippen molar-refractivity contribution in [1.82, 2.24) is 0 Å². The lowest BCUT2D eigenvalue weighted by Crippen LogP contribution is -2.04. The molecule has 1 rings (SSSR count). The first-order valence-corrected chi connectivity index (χ1v) is 3.47. The lowest BCUT2D eigenvalue weighted by Gasteiger charge is -1.97. The van der Waals surface area contributed by atoms with E-state index in [4.69, 9.17) is 0 Å². The van der Waals surface area contributed by atoms with E-state index in [1.165, 1.54) is 0 Å². The van der Waals surface area contributed by atoms with E-state index >= 15 is 0 Å². The first-order valence-electron chi connectivity index (χ1n) is 3.47. The number of rotatable bonds is 0. The van der Waals surface area contributed by atoms with Crippen LogP contribution in [0.15, 0.2) is 11.1 Å². The number of cyclic esters (lactones) is 2. The van der Waals surface area contributed by atoms with Gasteiger partial charge in [-0.2, -0.15) is 0 Å². The molecule has 3 nitrogen and oxygen atoms in total. The molecule has 0 bridgehead atoms. The molecule has 1 unspecified atom stereocenters. The van der Waals surface area contributed by atoms with E-state index in [9.17, 15) is 9.59 Å². The zero-order valence-corrected chi connectivity index (χ0v) is 6.80. The van der Waals surface area contributed by atoms with Gasteiger partial charge in [0, 0.05) is 0 Å². The van der Waals surface area contributed by atoms with Gasteiger partial charge in [-0.25, -0.2) is 4.79 Å². The van der Waals surface area contributed by atoms with Crippen molar-refractivity contribution < 1.29 is 14.3 Å². The van der Waals surface area contributed by atoms with Crippen molar-refractivity contribution in [3.63, 3.8) is 0 Å². The molecule has 1 atom stereocenters. The van der Waals surface area contributed by atoms with E-state index in [1.807, 2.05) is 0 Å². The quantitative estimate of drug-likeness (QED) is 0.297. The smallest absolute Gasteiger partial charge is 0.342 e. The normalized spacial score (nSPS) is 23.9. The predicted octanol–water partition coefficient (Wildman–Crippen LogP) is 1.04. The fourth-order valence-electron chi connectivity index (χ4n) is 1.17. The first-order chi connectivity index (χ1) is 5.04. The minimum atomic E-state index is -0.484. The number of carbonyl (C=O) groups excluding carboxylic acids is 2. The fourth-order valence-corrected chi connectivity index (χ4v) is 1.17. The van der Waals surface area contributed by atoms with E-state index < -0.39 is 11.9 Å². The monoisotopic (exact) mass is 154 g/mol. The minimum absolute atomic E-state index is 0.382. The molecule has 11 heavy (non-hydrogen) atoms. The molecule has 0 radical (unpaired) electrons. The van der Waals surface area contributed by atoms with Gasteiger partial charge in [0.25, 0.3) is 0 Å². The lowest BCUT2D eigenvalue weighted by atomic mass is 10.00. The third-order valence-electron chi connectivity index (χ3n) is 1.74. The molecule has 0 amide bonds. The third kappa shape index (κ3) is 1.18. The summed E-state index contributed by atoms with van der Waals surface area (Å²) in [7, 11) is 0. The summed E-state index contributed by atoms with van der Waals surface area (Å²) < 4.78 is 4.41. The van der Waals surface area contributed by atoms with Crippen molar-refractivity contribution in [3.8, 4) is 0 Å². The highest BCUT2D eigenvalue weighted by molar-refractivity contribution is 6.07. The summed E-state index contributed by atoms with van der Waals surface area (Å²) >= 11 is 0. The van der Waals surface area contributed by atoms with Crippen molar-refractivity contribution in [2.45, 2.75) is 20.8 Å². The molecule has 0 aromatic rings. The van der Waals surface area contributed by atoms with Crippen molar-refractivity contribution in [3.05, 3.63) is 11.1 Å². The minimum Gasteiger partial charge on any atom is -0.389 e. The molecule has 1 saturated heterocycles. The molecule has 0 aromatic carbocycles. The largest absolute Gasteiger partial charge is 0.389 e. The highest BCUT2D eigenvalue weighted by Gasteiger charge is 2.35. The molecule has 0 aromatic heterocycles. The molecule has 0 N–H and O–H groups in total. The fraction of sp³-hybridized carbons (Fsp3) is 0.500. The molecule has 1 aliphatic rings. The van der Waals surface area contributed by atoms with Gasteiger partial charge < -0.3 is 4.74 Å². The molecule has 3 heteroatoms. The Morgan fingerprint density at radius 1 is 1.36 bits per heavy atom. The van der Waals surface area contributed by atoms with Crippen LogP contribution in [0.25, 0.3) is 0 Å². The summed E-state index contributed by atoms with van der Waals surface area (Å²) in [5.74, 6) is -1.30. The molecule has 1 aliphatic heterocycles. The van der Waals surface area contributed by atoms with Gasteiger partial charge in [-0.1, -0.05) is 5.57 Å². The van der Waals surface area contributed by atoms with Gasteiger partial charge in [0.15, 0.2) is 0 Å². The second-order valence-electron chi connectivity index (χ2n) is 2.84. The second kappa shape index (κ2) is 2.49. The van der Waals surface area contributed by atoms with Crippen molar-refractivity contribution in [2.24, 2.45) is 5.92 Å². The van der Waals surface area contributed by atoms with Gasteiger partial charge in [0.1, 0.15) is 0 Å². The summed E-state index contributed by atoms with van der Waals surface area (Å²) in [6.45, 7) is 5.27. The van der Waals surface area contributed by atoms with Crippen LogP contribution < -0.4 is 0 Å². The summed E-state index contributed by atoms with van der Waals surface area (Å²) in [5, 5.41) is 0. The van der Waals surface area contributed by atoms with E-state index in [2.05, 4.69) is 4.74 Å². The maximum Gasteiger partial charge on any atom is 0.342 e.